The van der Waals surface area contributed by atoms with Gasteiger partial charge in [0.25, 0.3) is 0 Å². The van der Waals surface area contributed by atoms with E-state index in [1.54, 1.807) is 51.1 Å². The summed E-state index contributed by atoms with van der Waals surface area (Å²) in [7, 11) is 1.31. The van der Waals surface area contributed by atoms with Crippen LogP contribution in [0, 0.1) is 0 Å². The summed E-state index contributed by atoms with van der Waals surface area (Å²) in [5.41, 5.74) is 3.97. The van der Waals surface area contributed by atoms with E-state index in [2.05, 4.69) is 27.8 Å². The summed E-state index contributed by atoms with van der Waals surface area (Å²) in [5, 5.41) is 6.10. The average Bonchev–Trinajstić information content (AvgIpc) is 2.89. The molecule has 0 unspecified atom stereocenters. The minimum atomic E-state index is -0.594. The number of aryl methyl sites for hydroxylation is 1. The van der Waals surface area contributed by atoms with Gasteiger partial charge in [0.15, 0.2) is 11.4 Å². The molecule has 0 bridgehead atoms. The maximum absolute atomic E-state index is 12.5. The molecule has 0 fully saturated rings. The Hall–Kier alpha value is -4.27. The van der Waals surface area contributed by atoms with E-state index < -0.39 is 17.7 Å². The molecule has 0 aliphatic carbocycles. The van der Waals surface area contributed by atoms with Gasteiger partial charge in [0.1, 0.15) is 24.6 Å². The Morgan fingerprint density at radius 2 is 1.84 bits per heavy atom. The maximum atomic E-state index is 12.5. The zero-order chi connectivity index (χ0) is 27.1. The first-order valence-corrected chi connectivity index (χ1v) is 12.5. The lowest BCUT2D eigenvalue weighted by atomic mass is 10.00. The summed E-state index contributed by atoms with van der Waals surface area (Å²) < 4.78 is 21.8. The van der Waals surface area contributed by atoms with Crippen molar-refractivity contribution in [3.05, 3.63) is 65.9 Å². The van der Waals surface area contributed by atoms with Gasteiger partial charge in [-0.25, -0.2) is 14.6 Å². The molecule has 1 amide bonds. The SMILES string of the molecule is COC(=O)c1nc(-c2ccc3c(c2)NCCC3)ccc1OCCOc1cccc(NC(=O)OC(C)(C)C)c1. The normalized spacial score (nSPS) is 12.5. The second-order valence-corrected chi connectivity index (χ2v) is 9.79. The zero-order valence-electron chi connectivity index (χ0n) is 22.1. The number of benzene rings is 2. The summed E-state index contributed by atoms with van der Waals surface area (Å²) in [6.07, 6.45) is 1.61. The van der Waals surface area contributed by atoms with Crippen LogP contribution in [0.3, 0.4) is 0 Å². The molecule has 1 aliphatic rings. The molecule has 0 spiro atoms. The van der Waals surface area contributed by atoms with Crippen molar-refractivity contribution in [2.45, 2.75) is 39.2 Å². The maximum Gasteiger partial charge on any atom is 0.412 e. The van der Waals surface area contributed by atoms with Gasteiger partial charge >= 0.3 is 12.1 Å². The molecule has 0 saturated heterocycles. The van der Waals surface area contributed by atoms with E-state index in [1.165, 1.54) is 12.7 Å². The summed E-state index contributed by atoms with van der Waals surface area (Å²) >= 11 is 0. The van der Waals surface area contributed by atoms with Gasteiger partial charge in [0.05, 0.1) is 12.8 Å². The third-order valence-electron chi connectivity index (χ3n) is 5.67. The van der Waals surface area contributed by atoms with Gasteiger partial charge < -0.3 is 24.3 Å². The molecule has 1 aliphatic heterocycles. The lowest BCUT2D eigenvalue weighted by molar-refractivity contribution is 0.0585. The highest BCUT2D eigenvalue weighted by atomic mass is 16.6. The molecule has 38 heavy (non-hydrogen) atoms. The Kier molecular flexibility index (Phi) is 8.35. The van der Waals surface area contributed by atoms with Crippen LogP contribution in [0.1, 0.15) is 43.2 Å². The first kappa shape index (κ1) is 26.8. The summed E-state index contributed by atoms with van der Waals surface area (Å²) in [5.74, 6) is 0.269. The van der Waals surface area contributed by atoms with Crippen LogP contribution in [0.25, 0.3) is 11.3 Å². The summed E-state index contributed by atoms with van der Waals surface area (Å²) in [4.78, 5) is 29.0. The Morgan fingerprint density at radius 1 is 1.03 bits per heavy atom. The molecule has 0 saturated carbocycles. The van der Waals surface area contributed by atoms with Crippen LogP contribution in [0.15, 0.2) is 54.6 Å². The van der Waals surface area contributed by atoms with Crippen molar-refractivity contribution in [3.8, 4) is 22.8 Å². The van der Waals surface area contributed by atoms with Crippen LogP contribution in [0.4, 0.5) is 16.2 Å². The van der Waals surface area contributed by atoms with Crippen molar-refractivity contribution in [1.82, 2.24) is 4.98 Å². The highest BCUT2D eigenvalue weighted by molar-refractivity contribution is 5.91. The van der Waals surface area contributed by atoms with Crippen LogP contribution in [0.2, 0.25) is 0 Å². The number of nitrogens with one attached hydrogen (secondary N) is 2. The first-order chi connectivity index (χ1) is 18.2. The molecule has 0 atom stereocenters. The van der Waals surface area contributed by atoms with Gasteiger partial charge in [0, 0.05) is 29.5 Å². The van der Waals surface area contributed by atoms with E-state index in [0.717, 1.165) is 30.6 Å². The molecule has 2 heterocycles. The number of carbonyl (C=O) groups is 2. The molecule has 0 radical (unpaired) electrons. The first-order valence-electron chi connectivity index (χ1n) is 12.5. The number of hydrogen-bond donors (Lipinski definition) is 2. The zero-order valence-corrected chi connectivity index (χ0v) is 22.1. The predicted octanol–water partition coefficient (Wildman–Crippen LogP) is 5.70. The van der Waals surface area contributed by atoms with Crippen LogP contribution < -0.4 is 20.1 Å². The minimum absolute atomic E-state index is 0.0965. The number of pyridine rings is 1. The number of carbonyl (C=O) groups excluding carboxylic acids is 2. The van der Waals surface area contributed by atoms with Gasteiger partial charge in [-0.2, -0.15) is 0 Å². The van der Waals surface area contributed by atoms with Gasteiger partial charge in [-0.15, -0.1) is 0 Å². The smallest absolute Gasteiger partial charge is 0.412 e. The quantitative estimate of drug-likeness (QED) is 0.288. The van der Waals surface area contributed by atoms with E-state index in [0.29, 0.717) is 22.9 Å². The highest BCUT2D eigenvalue weighted by Crippen LogP contribution is 2.30. The van der Waals surface area contributed by atoms with Gasteiger partial charge in [-0.1, -0.05) is 18.2 Å². The number of anilines is 2. The van der Waals surface area contributed by atoms with Crippen molar-refractivity contribution in [2.24, 2.45) is 0 Å². The number of methoxy groups -OCH3 is 1. The Labute approximate surface area is 222 Å². The van der Waals surface area contributed by atoms with E-state index in [1.807, 2.05) is 12.1 Å². The molecule has 9 heteroatoms. The van der Waals surface area contributed by atoms with Crippen molar-refractivity contribution in [1.29, 1.82) is 0 Å². The van der Waals surface area contributed by atoms with E-state index in [9.17, 15) is 9.59 Å². The standard InChI is InChI=1S/C29H33N3O6/c1-29(2,3)38-28(34)31-21-8-5-9-22(18-21)36-15-16-37-25-13-12-23(32-26(25)27(33)35-4)20-11-10-19-7-6-14-30-24(19)17-20/h5,8-13,17-18,30H,6-7,14-16H2,1-4H3,(H,31,34). The molecule has 9 nitrogen and oxygen atoms in total. The minimum Gasteiger partial charge on any atom is -0.490 e. The predicted molar refractivity (Wildman–Crippen MR) is 145 cm³/mol. The average molecular weight is 520 g/mol. The summed E-state index contributed by atoms with van der Waals surface area (Å²) in [6.45, 7) is 6.70. The molecular formula is C29H33N3O6. The van der Waals surface area contributed by atoms with E-state index in [4.69, 9.17) is 18.9 Å². The third-order valence-corrected chi connectivity index (χ3v) is 5.67. The number of aromatic nitrogens is 1. The van der Waals surface area contributed by atoms with Crippen molar-refractivity contribution >= 4 is 23.4 Å². The lowest BCUT2D eigenvalue weighted by Crippen LogP contribution is -2.27. The Balaban J connectivity index is 1.38. The molecular weight excluding hydrogens is 486 g/mol. The molecule has 3 aromatic rings. The monoisotopic (exact) mass is 519 g/mol. The van der Waals surface area contributed by atoms with Crippen LogP contribution in [0.5, 0.6) is 11.5 Å². The number of rotatable bonds is 8. The van der Waals surface area contributed by atoms with Gasteiger partial charge in [0.2, 0.25) is 0 Å². The molecule has 2 aromatic carbocycles. The number of esters is 1. The number of fused-ring (bicyclic) bond motifs is 1. The molecule has 2 N–H and O–H groups in total. The topological polar surface area (TPSA) is 108 Å². The van der Waals surface area contributed by atoms with Gasteiger partial charge in [-0.05, 0) is 69.5 Å². The van der Waals surface area contributed by atoms with Gasteiger partial charge in [-0.3, -0.25) is 5.32 Å². The second kappa shape index (κ2) is 11.9. The van der Waals surface area contributed by atoms with Crippen molar-refractivity contribution in [2.75, 3.05) is 37.5 Å². The third kappa shape index (κ3) is 7.15. The fourth-order valence-electron chi connectivity index (χ4n) is 3.98. The van der Waals surface area contributed by atoms with E-state index in [-0.39, 0.29) is 18.9 Å². The Bertz CT molecular complexity index is 1300. The second-order valence-electron chi connectivity index (χ2n) is 9.79. The Morgan fingerprint density at radius 3 is 2.63 bits per heavy atom. The van der Waals surface area contributed by atoms with Crippen LogP contribution in [-0.2, 0) is 15.9 Å². The molecule has 4 rings (SSSR count). The highest BCUT2D eigenvalue weighted by Gasteiger charge is 2.19. The van der Waals surface area contributed by atoms with E-state index >= 15 is 0 Å². The number of ether oxygens (including phenoxy) is 4. The number of nitrogens with zero attached hydrogens (tertiary/aromatic N) is 1. The fraction of sp³-hybridized carbons (Fsp3) is 0.345. The fourth-order valence-corrected chi connectivity index (χ4v) is 3.98. The van der Waals surface area contributed by atoms with Crippen LogP contribution in [-0.4, -0.2) is 49.5 Å². The molecule has 1 aromatic heterocycles. The van der Waals surface area contributed by atoms with Crippen LogP contribution >= 0.6 is 0 Å². The van der Waals surface area contributed by atoms with Crippen molar-refractivity contribution < 1.29 is 28.5 Å². The summed E-state index contributed by atoms with van der Waals surface area (Å²) in [6, 6.07) is 16.6. The largest absolute Gasteiger partial charge is 0.490 e. The van der Waals surface area contributed by atoms with Crippen molar-refractivity contribution in [3.63, 3.8) is 0 Å². The lowest BCUT2D eigenvalue weighted by Gasteiger charge is -2.19. The molecule has 200 valence electrons. The number of amides is 1. The number of hydrogen-bond acceptors (Lipinski definition) is 8.